The summed E-state index contributed by atoms with van der Waals surface area (Å²) in [5.74, 6) is -17.6. The molecular weight excluding hydrogens is 1510 g/mol. The molecule has 2 aromatic carbocycles. The van der Waals surface area contributed by atoms with Crippen molar-refractivity contribution in [3.8, 4) is 0 Å². The summed E-state index contributed by atoms with van der Waals surface area (Å²) < 4.78 is 11.5. The van der Waals surface area contributed by atoms with Crippen molar-refractivity contribution < 1.29 is 96.7 Å². The second-order valence-corrected chi connectivity index (χ2v) is 32.1. The molecule has 2 aromatic rings. The van der Waals surface area contributed by atoms with E-state index in [4.69, 9.17) is 9.47 Å². The maximum absolute atomic E-state index is 15.6. The minimum Gasteiger partial charge on any atom is -0.458 e. The van der Waals surface area contributed by atoms with Gasteiger partial charge in [0.1, 0.15) is 78.6 Å². The Morgan fingerprint density at radius 2 is 1.14 bits per heavy atom. The van der Waals surface area contributed by atoms with E-state index in [2.05, 4.69) is 70.4 Å². The second-order valence-electron chi connectivity index (χ2n) is 29.6. The van der Waals surface area contributed by atoms with Crippen molar-refractivity contribution in [2.75, 3.05) is 38.8 Å². The number of cyclic esters (lactones) is 1. The van der Waals surface area contributed by atoms with Gasteiger partial charge in [-0.1, -0.05) is 163 Å². The van der Waals surface area contributed by atoms with E-state index in [1.165, 1.54) is 39.8 Å². The van der Waals surface area contributed by atoms with Crippen LogP contribution in [0.1, 0.15) is 145 Å². The standard InChI is InChI=1S/C77H116N14O20S2/c1-15-41(6)33-50-67(99)87-60(40(4)5)76(108)90(13)63(47(12)110-14)74(106)85-54(37-92)77(109)111-46(11)62-73(105)84-53(36-49-27-22-19-23-28-49)75(107)91-32-24-29-57(91)71(103)86-56(70(102)88-61(43(8)17-3)72(104)79-45(10)65(97)81-50)39-113-112-38-55(80-58(93)30-31-59(94)95)69(101)83-52(35-48-25-20-18-21-26-48)66(98)78-44(9)64(96)82-51(68(100)89-62)34-42(7)16-2/h18-23,25-28,40-44,46-47,50-57,59-63,92,94-95H,10,15-17,24,29-39H2,1-9,11-14H3,(H,78,98)(H,79,104)(H,80,93)(H,81,97)(H,82,96)(H,83,101)(H,84,105)(H,85,106)(H,86,103)(H,87,99)(H,88,102)(H,89,100)/t41-,42+,43+,44-,46-,47-,50+,51?,52-,53-,54+,55?,56+,57+,60-,61+,62-,63+/m1/s1. The number of likely N-dealkylation sites (N-methyl/N-ethyl adjacent to an activating group) is 1. The van der Waals surface area contributed by atoms with Gasteiger partial charge >= 0.3 is 5.97 Å². The fourth-order valence-electron chi connectivity index (χ4n) is 12.7. The number of ether oxygens (including phenoxy) is 2. The smallest absolute Gasteiger partial charge is 0.331 e. The molecule has 18 atom stereocenters. The molecule has 14 amide bonds. The predicted molar refractivity (Wildman–Crippen MR) is 420 cm³/mol. The summed E-state index contributed by atoms with van der Waals surface area (Å²) in [7, 11) is 4.28. The number of rotatable bonds is 20. The number of benzene rings is 2. The molecule has 3 aliphatic heterocycles. The van der Waals surface area contributed by atoms with Gasteiger partial charge < -0.3 is 98.4 Å². The van der Waals surface area contributed by atoms with Gasteiger partial charge in [-0.15, -0.1) is 0 Å². The molecule has 0 saturated carbocycles. The highest BCUT2D eigenvalue weighted by Gasteiger charge is 2.45. The number of nitrogens with one attached hydrogen (secondary N) is 12. The Labute approximate surface area is 667 Å². The molecule has 2 bridgehead atoms. The summed E-state index contributed by atoms with van der Waals surface area (Å²) in [4.78, 5) is 224. The zero-order chi connectivity index (χ0) is 84.1. The Kier molecular flexibility index (Phi) is 38.6. The van der Waals surface area contributed by atoms with Crippen LogP contribution in [0, 0.1) is 23.7 Å². The topological polar surface area (TPSA) is 486 Å². The van der Waals surface area contributed by atoms with E-state index < -0.39 is 223 Å². The fraction of sp³-hybridized carbons (Fsp3) is 0.623. The monoisotopic (exact) mass is 1620 g/mol. The molecule has 3 aliphatic rings. The molecule has 113 heavy (non-hydrogen) atoms. The SMILES string of the molecule is C=C1NC(=O)[C@H]([C@@H](C)CC)NC(=O)[C@@H]2CSSCC(NC(=O)CCC(O)O)C(=O)N[C@H](Cc3ccccc3)C(=O)N[C@H](C)C(=O)NC(C[C@@H](C)CC)C(=O)N[C@@H](C(=O)N[C@H](Cc3ccccc3)C(=O)N3CCC[C@H]3C(=O)N2)[C@@H](C)OC(=O)[C@H](CO)NC(=O)[C@H]([C@@H](C)OC)N(C)C(=O)[C@@H](C(C)C)NC(=O)[C@H](C[C@H](C)CC)NC1=O. The van der Waals surface area contributed by atoms with E-state index in [9.17, 15) is 63.3 Å². The summed E-state index contributed by atoms with van der Waals surface area (Å²) in [6.45, 7) is 20.2. The zero-order valence-electron chi connectivity index (χ0n) is 66.6. The van der Waals surface area contributed by atoms with E-state index >= 15 is 24.0 Å². The van der Waals surface area contributed by atoms with Crippen LogP contribution in [-0.4, -0.2) is 250 Å². The Hall–Kier alpha value is -9.23. The summed E-state index contributed by atoms with van der Waals surface area (Å²) in [5.41, 5.74) is 0.424. The Morgan fingerprint density at radius 1 is 0.602 bits per heavy atom. The normalized spacial score (nSPS) is 27.5. The summed E-state index contributed by atoms with van der Waals surface area (Å²) >= 11 is 0. The van der Waals surface area contributed by atoms with E-state index in [1.54, 1.807) is 102 Å². The molecule has 15 N–H and O–H groups in total. The fourth-order valence-corrected chi connectivity index (χ4v) is 15.0. The van der Waals surface area contributed by atoms with E-state index in [1.807, 2.05) is 13.8 Å². The molecule has 2 unspecified atom stereocenters. The van der Waals surface area contributed by atoms with Crippen molar-refractivity contribution >= 4 is 110 Å². The third-order valence-electron chi connectivity index (χ3n) is 20.4. The van der Waals surface area contributed by atoms with Crippen LogP contribution in [-0.2, 0) is 94.2 Å². The average Bonchev–Trinajstić information content (AvgIpc) is 1.75. The van der Waals surface area contributed by atoms with Gasteiger partial charge in [0.05, 0.1) is 18.4 Å². The molecule has 34 nitrogen and oxygen atoms in total. The van der Waals surface area contributed by atoms with Crippen LogP contribution in [0.25, 0.3) is 0 Å². The first-order chi connectivity index (χ1) is 53.5. The number of methoxy groups -OCH3 is 1. The Morgan fingerprint density at radius 3 is 1.71 bits per heavy atom. The number of fused-ring (bicyclic) bond motifs is 6. The van der Waals surface area contributed by atoms with Gasteiger partial charge in [0.2, 0.25) is 76.8 Å². The Bertz CT molecular complexity index is 3640. The minimum atomic E-state index is -2.04. The largest absolute Gasteiger partial charge is 0.458 e. The van der Waals surface area contributed by atoms with Gasteiger partial charge in [0, 0.05) is 57.9 Å². The molecule has 0 aliphatic carbocycles. The molecule has 0 radical (unpaired) electrons. The maximum Gasteiger partial charge on any atom is 0.331 e. The van der Waals surface area contributed by atoms with Crippen LogP contribution in [0.5, 0.6) is 0 Å². The lowest BCUT2D eigenvalue weighted by Crippen LogP contribution is -2.63. The number of aliphatic hydroxyl groups excluding tert-OH is 2. The number of amides is 14. The lowest BCUT2D eigenvalue weighted by atomic mass is 9.96. The van der Waals surface area contributed by atoms with Crippen molar-refractivity contribution in [2.24, 2.45) is 23.7 Å². The van der Waals surface area contributed by atoms with Crippen molar-refractivity contribution in [1.82, 2.24) is 73.6 Å². The number of nitrogens with zero attached hydrogens (tertiary/aromatic N) is 2. The molecule has 5 rings (SSSR count). The third kappa shape index (κ3) is 28.7. The van der Waals surface area contributed by atoms with Gasteiger partial charge in [0.15, 0.2) is 12.3 Å². The van der Waals surface area contributed by atoms with Gasteiger partial charge in [-0.05, 0) is 81.3 Å². The predicted octanol–water partition coefficient (Wildman–Crippen LogP) is -0.695. The molecule has 36 heteroatoms. The highest BCUT2D eigenvalue weighted by Crippen LogP contribution is 2.27. The summed E-state index contributed by atoms with van der Waals surface area (Å²) in [5, 5.41) is 61.9. The first-order valence-electron chi connectivity index (χ1n) is 38.4. The lowest BCUT2D eigenvalue weighted by molar-refractivity contribution is -0.158. The van der Waals surface area contributed by atoms with Gasteiger partial charge in [-0.3, -0.25) is 67.1 Å². The molecule has 3 saturated heterocycles. The molecule has 0 aromatic heterocycles. The van der Waals surface area contributed by atoms with Crippen LogP contribution in [0.2, 0.25) is 0 Å². The molecular formula is C77H116N14O20S2. The molecule has 3 heterocycles. The minimum absolute atomic E-state index is 0.0106. The van der Waals surface area contributed by atoms with Crippen LogP contribution in [0.15, 0.2) is 72.9 Å². The molecule has 626 valence electrons. The van der Waals surface area contributed by atoms with Crippen molar-refractivity contribution in [3.05, 3.63) is 84.1 Å². The van der Waals surface area contributed by atoms with E-state index in [0.29, 0.717) is 24.0 Å². The van der Waals surface area contributed by atoms with E-state index in [-0.39, 0.29) is 74.8 Å². The van der Waals surface area contributed by atoms with Crippen LogP contribution >= 0.6 is 21.6 Å². The van der Waals surface area contributed by atoms with Crippen molar-refractivity contribution in [3.63, 3.8) is 0 Å². The number of carbonyl (C=O) groups excluding carboxylic acids is 15. The average molecular weight is 1620 g/mol. The quantitative estimate of drug-likeness (QED) is 0.0337. The van der Waals surface area contributed by atoms with Crippen LogP contribution in [0.4, 0.5) is 0 Å². The number of esters is 1. The molecule has 0 spiro atoms. The highest BCUT2D eigenvalue weighted by atomic mass is 33.1. The Balaban J connectivity index is 1.80. The van der Waals surface area contributed by atoms with Gasteiger partial charge in [-0.2, -0.15) is 0 Å². The van der Waals surface area contributed by atoms with Gasteiger partial charge in [-0.25, -0.2) is 4.79 Å². The van der Waals surface area contributed by atoms with Crippen LogP contribution in [0.3, 0.4) is 0 Å². The summed E-state index contributed by atoms with van der Waals surface area (Å²) in [6, 6.07) is -4.02. The number of hydrogen-bond acceptors (Lipinski definition) is 22. The third-order valence-corrected chi connectivity index (χ3v) is 22.8. The zero-order valence-corrected chi connectivity index (χ0v) is 68.3. The lowest BCUT2D eigenvalue weighted by Gasteiger charge is -2.36. The first kappa shape index (κ1) is 94.4. The summed E-state index contributed by atoms with van der Waals surface area (Å²) in [6.07, 6.45) is -5.11. The number of carbonyl (C=O) groups is 15. The van der Waals surface area contributed by atoms with Crippen LogP contribution < -0.4 is 63.8 Å². The van der Waals surface area contributed by atoms with Gasteiger partial charge in [0.25, 0.3) is 5.91 Å². The highest BCUT2D eigenvalue weighted by molar-refractivity contribution is 8.76. The molecule has 3 fully saturated rings. The maximum atomic E-state index is 15.6. The van der Waals surface area contributed by atoms with Crippen molar-refractivity contribution in [2.45, 2.75) is 244 Å². The van der Waals surface area contributed by atoms with Crippen molar-refractivity contribution in [1.29, 1.82) is 0 Å². The van der Waals surface area contributed by atoms with E-state index in [0.717, 1.165) is 26.5 Å². The number of aliphatic hydroxyl groups is 3. The number of hydrogen-bond donors (Lipinski definition) is 15. The first-order valence-corrected chi connectivity index (χ1v) is 40.9. The second kappa shape index (κ2) is 46.2.